The van der Waals surface area contributed by atoms with Crippen LogP contribution in [0.15, 0.2) is 29.6 Å². The number of rotatable bonds is 4. The summed E-state index contributed by atoms with van der Waals surface area (Å²) in [5.41, 5.74) is 2.41. The Hall–Kier alpha value is -2.47. The smallest absolute Gasteiger partial charge is 0.319 e. The number of thiophene rings is 1. The molecule has 3 rings (SSSR count). The summed E-state index contributed by atoms with van der Waals surface area (Å²) in [6.45, 7) is 7.20. The summed E-state index contributed by atoms with van der Waals surface area (Å²) in [6, 6.07) is 6.88. The Kier molecular flexibility index (Phi) is 4.24. The summed E-state index contributed by atoms with van der Waals surface area (Å²) in [5, 5.41) is 4.57. The standard InChI is InChI=1S/C19H20N2O3S/c1-11-8-13(3)14(9-12(11)2)15(22)10-21-17(23)19(4,20-18(21)24)16-6-5-7-25-16/h5-9H,10H2,1-4H3,(H,20,24). The van der Waals surface area contributed by atoms with Crippen LogP contribution >= 0.6 is 11.3 Å². The summed E-state index contributed by atoms with van der Waals surface area (Å²) in [5.74, 6) is -0.630. The van der Waals surface area contributed by atoms with Gasteiger partial charge in [0.25, 0.3) is 5.91 Å². The van der Waals surface area contributed by atoms with Gasteiger partial charge in [-0.3, -0.25) is 14.5 Å². The summed E-state index contributed by atoms with van der Waals surface area (Å²) >= 11 is 1.40. The minimum absolute atomic E-state index is 0.237. The topological polar surface area (TPSA) is 66.5 Å². The van der Waals surface area contributed by atoms with E-state index in [-0.39, 0.29) is 12.3 Å². The zero-order valence-electron chi connectivity index (χ0n) is 14.7. The van der Waals surface area contributed by atoms with Gasteiger partial charge in [0, 0.05) is 10.4 Å². The number of imide groups is 1. The van der Waals surface area contributed by atoms with E-state index in [0.717, 1.165) is 26.5 Å². The number of carbonyl (C=O) groups excluding carboxylic acids is 3. The van der Waals surface area contributed by atoms with E-state index >= 15 is 0 Å². The number of urea groups is 1. The number of ketones is 1. The molecule has 1 fully saturated rings. The fourth-order valence-corrected chi connectivity index (χ4v) is 3.90. The lowest BCUT2D eigenvalue weighted by Crippen LogP contribution is -2.40. The van der Waals surface area contributed by atoms with Gasteiger partial charge in [-0.2, -0.15) is 0 Å². The second kappa shape index (κ2) is 6.11. The molecule has 1 aromatic carbocycles. The van der Waals surface area contributed by atoms with E-state index in [1.165, 1.54) is 11.3 Å². The molecular formula is C19H20N2O3S. The molecule has 130 valence electrons. The van der Waals surface area contributed by atoms with Crippen LogP contribution in [-0.2, 0) is 10.3 Å². The molecule has 25 heavy (non-hydrogen) atoms. The number of amides is 3. The largest absolute Gasteiger partial charge is 0.325 e. The Labute approximate surface area is 150 Å². The minimum Gasteiger partial charge on any atom is -0.319 e. The van der Waals surface area contributed by atoms with Crippen LogP contribution in [0.4, 0.5) is 4.79 Å². The Morgan fingerprint density at radius 2 is 1.84 bits per heavy atom. The molecule has 1 unspecified atom stereocenters. The summed E-state index contributed by atoms with van der Waals surface area (Å²) < 4.78 is 0. The first-order chi connectivity index (χ1) is 11.7. The molecule has 5 nitrogen and oxygen atoms in total. The second-order valence-electron chi connectivity index (χ2n) is 6.60. The maximum atomic E-state index is 12.8. The van der Waals surface area contributed by atoms with Gasteiger partial charge in [0.1, 0.15) is 0 Å². The first-order valence-corrected chi connectivity index (χ1v) is 8.91. The molecular weight excluding hydrogens is 336 g/mol. The normalized spacial score (nSPS) is 20.1. The maximum Gasteiger partial charge on any atom is 0.325 e. The van der Waals surface area contributed by atoms with Crippen molar-refractivity contribution in [3.8, 4) is 0 Å². The van der Waals surface area contributed by atoms with Crippen LogP contribution in [0, 0.1) is 20.8 Å². The molecule has 1 aliphatic rings. The SMILES string of the molecule is Cc1cc(C)c(C(=O)CN2C(=O)NC(C)(c3cccs3)C2=O)cc1C. The van der Waals surface area contributed by atoms with Crippen LogP contribution in [0.3, 0.4) is 0 Å². The van der Waals surface area contributed by atoms with Crippen molar-refractivity contribution in [1.29, 1.82) is 0 Å². The van der Waals surface area contributed by atoms with Gasteiger partial charge in [-0.15, -0.1) is 11.3 Å². The molecule has 1 N–H and O–H groups in total. The first kappa shape index (κ1) is 17.4. The zero-order chi connectivity index (χ0) is 18.4. The number of carbonyl (C=O) groups is 3. The molecule has 0 spiro atoms. The Morgan fingerprint density at radius 1 is 1.16 bits per heavy atom. The lowest BCUT2D eigenvalue weighted by molar-refractivity contribution is -0.130. The highest BCUT2D eigenvalue weighted by molar-refractivity contribution is 7.10. The molecule has 6 heteroatoms. The van der Waals surface area contributed by atoms with E-state index in [2.05, 4.69) is 5.32 Å². The fourth-order valence-electron chi connectivity index (χ4n) is 3.06. The van der Waals surface area contributed by atoms with Crippen molar-refractivity contribution in [2.75, 3.05) is 6.54 Å². The van der Waals surface area contributed by atoms with E-state index in [0.29, 0.717) is 5.56 Å². The molecule has 0 saturated carbocycles. The predicted octanol–water partition coefficient (Wildman–Crippen LogP) is 3.32. The Bertz CT molecular complexity index is 873. The maximum absolute atomic E-state index is 12.8. The summed E-state index contributed by atoms with van der Waals surface area (Å²) in [7, 11) is 0. The van der Waals surface area contributed by atoms with Gasteiger partial charge in [0.05, 0.1) is 6.54 Å². The van der Waals surface area contributed by atoms with E-state index in [1.54, 1.807) is 6.92 Å². The van der Waals surface area contributed by atoms with Crippen molar-refractivity contribution in [1.82, 2.24) is 10.2 Å². The fraction of sp³-hybridized carbons (Fsp3) is 0.316. The number of hydrogen-bond acceptors (Lipinski definition) is 4. The number of aryl methyl sites for hydroxylation is 3. The van der Waals surface area contributed by atoms with Crippen molar-refractivity contribution in [2.24, 2.45) is 0 Å². The van der Waals surface area contributed by atoms with Crippen LogP contribution in [0.1, 0.15) is 38.8 Å². The van der Waals surface area contributed by atoms with Crippen LogP contribution in [-0.4, -0.2) is 29.2 Å². The van der Waals surface area contributed by atoms with Crippen molar-refractivity contribution >= 4 is 29.1 Å². The van der Waals surface area contributed by atoms with Crippen LogP contribution in [0.25, 0.3) is 0 Å². The minimum atomic E-state index is -1.11. The average Bonchev–Trinajstić information content (AvgIpc) is 3.15. The third kappa shape index (κ3) is 2.87. The monoisotopic (exact) mass is 356 g/mol. The van der Waals surface area contributed by atoms with Gasteiger partial charge in [0.2, 0.25) is 0 Å². The molecule has 1 aliphatic heterocycles. The number of nitrogens with one attached hydrogen (secondary N) is 1. The van der Waals surface area contributed by atoms with Gasteiger partial charge in [0.15, 0.2) is 11.3 Å². The second-order valence-corrected chi connectivity index (χ2v) is 7.55. The third-order valence-corrected chi connectivity index (χ3v) is 5.82. The molecule has 0 bridgehead atoms. The average molecular weight is 356 g/mol. The van der Waals surface area contributed by atoms with E-state index in [4.69, 9.17) is 0 Å². The van der Waals surface area contributed by atoms with Gasteiger partial charge in [-0.05, 0) is 61.9 Å². The van der Waals surface area contributed by atoms with Crippen LogP contribution in [0.2, 0.25) is 0 Å². The quantitative estimate of drug-likeness (QED) is 0.675. The number of hydrogen-bond donors (Lipinski definition) is 1. The summed E-state index contributed by atoms with van der Waals surface area (Å²) in [4.78, 5) is 39.6. The van der Waals surface area contributed by atoms with Crippen LogP contribution < -0.4 is 5.32 Å². The van der Waals surface area contributed by atoms with E-state index < -0.39 is 17.5 Å². The number of nitrogens with zero attached hydrogens (tertiary/aromatic N) is 1. The predicted molar refractivity (Wildman–Crippen MR) is 96.9 cm³/mol. The molecule has 0 radical (unpaired) electrons. The van der Waals surface area contributed by atoms with Gasteiger partial charge in [-0.1, -0.05) is 12.1 Å². The first-order valence-electron chi connectivity index (χ1n) is 8.03. The molecule has 1 aromatic heterocycles. The lowest BCUT2D eigenvalue weighted by atomic mass is 9.97. The molecule has 1 atom stereocenters. The Morgan fingerprint density at radius 3 is 2.48 bits per heavy atom. The zero-order valence-corrected chi connectivity index (χ0v) is 15.5. The number of benzene rings is 1. The van der Waals surface area contributed by atoms with Gasteiger partial charge in [-0.25, -0.2) is 4.79 Å². The Balaban J connectivity index is 1.86. The van der Waals surface area contributed by atoms with Crippen molar-refractivity contribution in [3.05, 3.63) is 56.8 Å². The third-order valence-electron chi connectivity index (χ3n) is 4.73. The molecule has 2 heterocycles. The summed E-state index contributed by atoms with van der Waals surface area (Å²) in [6.07, 6.45) is 0. The van der Waals surface area contributed by atoms with E-state index in [9.17, 15) is 14.4 Å². The highest BCUT2D eigenvalue weighted by atomic mass is 32.1. The van der Waals surface area contributed by atoms with Gasteiger partial charge < -0.3 is 5.32 Å². The molecule has 2 aromatic rings. The molecule has 3 amide bonds. The van der Waals surface area contributed by atoms with E-state index in [1.807, 2.05) is 50.4 Å². The highest BCUT2D eigenvalue weighted by Crippen LogP contribution is 2.32. The molecule has 0 aliphatic carbocycles. The van der Waals surface area contributed by atoms with Gasteiger partial charge >= 0.3 is 6.03 Å². The van der Waals surface area contributed by atoms with Crippen molar-refractivity contribution in [3.63, 3.8) is 0 Å². The lowest BCUT2D eigenvalue weighted by Gasteiger charge is -2.20. The van der Waals surface area contributed by atoms with Crippen molar-refractivity contribution < 1.29 is 14.4 Å². The molecule has 1 saturated heterocycles. The highest BCUT2D eigenvalue weighted by Gasteiger charge is 2.50. The number of Topliss-reactive ketones (excluding diaryl/α,β-unsaturated/α-hetero) is 1. The van der Waals surface area contributed by atoms with Crippen molar-refractivity contribution in [2.45, 2.75) is 33.2 Å². The van der Waals surface area contributed by atoms with Crippen LogP contribution in [0.5, 0.6) is 0 Å².